The summed E-state index contributed by atoms with van der Waals surface area (Å²) in [6, 6.07) is 9.65. The first-order valence-electron chi connectivity index (χ1n) is 8.96. The van der Waals surface area contributed by atoms with Crippen LogP contribution in [0.5, 0.6) is 17.2 Å². The first kappa shape index (κ1) is 19.8. The topological polar surface area (TPSA) is 124 Å². The Morgan fingerprint density at radius 1 is 1.21 bits per heavy atom. The highest BCUT2D eigenvalue weighted by atomic mass is 16.7. The van der Waals surface area contributed by atoms with Gasteiger partial charge in [-0.2, -0.15) is 5.26 Å². The van der Waals surface area contributed by atoms with Crippen LogP contribution in [0.25, 0.3) is 0 Å². The molecule has 1 aliphatic heterocycles. The van der Waals surface area contributed by atoms with Gasteiger partial charge in [-0.05, 0) is 36.8 Å². The molecule has 0 saturated heterocycles. The summed E-state index contributed by atoms with van der Waals surface area (Å²) >= 11 is 0. The van der Waals surface area contributed by atoms with Crippen molar-refractivity contribution in [3.63, 3.8) is 0 Å². The van der Waals surface area contributed by atoms with Crippen molar-refractivity contribution in [2.75, 3.05) is 18.7 Å². The summed E-state index contributed by atoms with van der Waals surface area (Å²) in [6.07, 6.45) is 1.98. The van der Waals surface area contributed by atoms with Crippen LogP contribution < -0.4 is 20.1 Å². The van der Waals surface area contributed by atoms with Gasteiger partial charge >= 0.3 is 6.03 Å². The van der Waals surface area contributed by atoms with Crippen LogP contribution in [0.15, 0.2) is 42.5 Å². The third kappa shape index (κ3) is 4.87. The second-order valence-electron chi connectivity index (χ2n) is 6.27. The van der Waals surface area contributed by atoms with Crippen molar-refractivity contribution in [2.24, 2.45) is 0 Å². The van der Waals surface area contributed by atoms with E-state index in [2.05, 4.69) is 10.6 Å². The fourth-order valence-electron chi connectivity index (χ4n) is 2.83. The maximum atomic E-state index is 12.7. The smallest absolute Gasteiger partial charge is 0.319 e. The summed E-state index contributed by atoms with van der Waals surface area (Å²) in [4.78, 5) is 26.2. The molecule has 1 heterocycles. The Labute approximate surface area is 167 Å². The van der Waals surface area contributed by atoms with E-state index >= 15 is 0 Å². The Morgan fingerprint density at radius 2 is 1.93 bits per heavy atom. The van der Waals surface area contributed by atoms with Gasteiger partial charge in [-0.1, -0.05) is 12.1 Å². The average Bonchev–Trinajstić information content (AvgIpc) is 3.17. The van der Waals surface area contributed by atoms with Crippen LogP contribution in [0.1, 0.15) is 12.5 Å². The Bertz CT molecular complexity index is 939. The molecule has 0 fully saturated rings. The maximum absolute atomic E-state index is 12.7. The fourth-order valence-corrected chi connectivity index (χ4v) is 2.83. The SMILES string of the molecule is CCN(C#N)C(=O)C(Cc1ccc(O)cc1)NC(=O)Nc1ccc2c(c1)OCO2. The van der Waals surface area contributed by atoms with E-state index < -0.39 is 18.0 Å². The molecule has 0 aromatic heterocycles. The highest BCUT2D eigenvalue weighted by molar-refractivity contribution is 5.94. The second kappa shape index (κ2) is 8.84. The number of amides is 3. The van der Waals surface area contributed by atoms with E-state index in [-0.39, 0.29) is 25.5 Å². The Kier molecular flexibility index (Phi) is 6.04. The molecule has 0 spiro atoms. The maximum Gasteiger partial charge on any atom is 0.319 e. The van der Waals surface area contributed by atoms with Gasteiger partial charge in [-0.25, -0.2) is 9.69 Å². The van der Waals surface area contributed by atoms with E-state index in [0.29, 0.717) is 17.2 Å². The van der Waals surface area contributed by atoms with Crippen molar-refractivity contribution in [3.05, 3.63) is 48.0 Å². The first-order valence-corrected chi connectivity index (χ1v) is 8.96. The molecule has 1 atom stereocenters. The lowest BCUT2D eigenvalue weighted by molar-refractivity contribution is -0.129. The number of hydrogen-bond acceptors (Lipinski definition) is 6. The molecule has 3 rings (SSSR count). The highest BCUT2D eigenvalue weighted by Crippen LogP contribution is 2.34. The zero-order valence-electron chi connectivity index (χ0n) is 15.7. The van der Waals surface area contributed by atoms with E-state index in [1.165, 1.54) is 12.1 Å². The number of carbonyl (C=O) groups excluding carboxylic acids is 2. The number of nitriles is 1. The van der Waals surface area contributed by atoms with Crippen LogP contribution in [-0.2, 0) is 11.2 Å². The number of fused-ring (bicyclic) bond motifs is 1. The van der Waals surface area contributed by atoms with E-state index in [1.54, 1.807) is 37.3 Å². The summed E-state index contributed by atoms with van der Waals surface area (Å²) in [7, 11) is 0. The lowest BCUT2D eigenvalue weighted by Gasteiger charge is -2.22. The predicted octanol–water partition coefficient (Wildman–Crippen LogP) is 2.18. The number of urea groups is 1. The van der Waals surface area contributed by atoms with Crippen molar-refractivity contribution < 1.29 is 24.2 Å². The van der Waals surface area contributed by atoms with Gasteiger partial charge in [-0.15, -0.1) is 0 Å². The van der Waals surface area contributed by atoms with Gasteiger partial charge in [-0.3, -0.25) is 4.79 Å². The molecular formula is C20H20N4O5. The monoisotopic (exact) mass is 396 g/mol. The largest absolute Gasteiger partial charge is 0.508 e. The molecule has 2 aromatic rings. The number of aromatic hydroxyl groups is 1. The van der Waals surface area contributed by atoms with Gasteiger partial charge in [0.15, 0.2) is 17.7 Å². The molecule has 0 radical (unpaired) electrons. The third-order valence-corrected chi connectivity index (χ3v) is 4.31. The van der Waals surface area contributed by atoms with Crippen LogP contribution in [0.4, 0.5) is 10.5 Å². The molecule has 9 heteroatoms. The number of hydrogen-bond donors (Lipinski definition) is 3. The Hall–Kier alpha value is -3.93. The van der Waals surface area contributed by atoms with Crippen LogP contribution in [-0.4, -0.2) is 41.3 Å². The summed E-state index contributed by atoms with van der Waals surface area (Å²) in [5.74, 6) is 0.673. The molecule has 3 N–H and O–H groups in total. The van der Waals surface area contributed by atoms with Gasteiger partial charge < -0.3 is 25.2 Å². The number of ether oxygens (including phenoxy) is 2. The minimum atomic E-state index is -0.965. The predicted molar refractivity (Wildman–Crippen MR) is 103 cm³/mol. The van der Waals surface area contributed by atoms with Gasteiger partial charge in [0.05, 0.1) is 0 Å². The summed E-state index contributed by atoms with van der Waals surface area (Å²) in [5, 5.41) is 23.9. The summed E-state index contributed by atoms with van der Waals surface area (Å²) in [5.41, 5.74) is 1.19. The third-order valence-electron chi connectivity index (χ3n) is 4.31. The Balaban J connectivity index is 1.72. The van der Waals surface area contributed by atoms with E-state index in [1.807, 2.05) is 6.19 Å². The number of nitrogens with zero attached hydrogens (tertiary/aromatic N) is 2. The number of carbonyl (C=O) groups is 2. The zero-order valence-corrected chi connectivity index (χ0v) is 15.7. The van der Waals surface area contributed by atoms with E-state index in [4.69, 9.17) is 9.47 Å². The molecule has 1 aliphatic rings. The molecular weight excluding hydrogens is 376 g/mol. The fraction of sp³-hybridized carbons (Fsp3) is 0.250. The van der Waals surface area contributed by atoms with Crippen LogP contribution in [0.2, 0.25) is 0 Å². The number of nitrogens with one attached hydrogen (secondary N) is 2. The van der Waals surface area contributed by atoms with Crippen LogP contribution in [0, 0.1) is 11.5 Å². The van der Waals surface area contributed by atoms with Crippen LogP contribution in [0.3, 0.4) is 0 Å². The van der Waals surface area contributed by atoms with Gasteiger partial charge in [0.2, 0.25) is 6.79 Å². The molecule has 2 aromatic carbocycles. The van der Waals surface area contributed by atoms with Crippen molar-refractivity contribution in [1.82, 2.24) is 10.2 Å². The molecule has 29 heavy (non-hydrogen) atoms. The molecule has 150 valence electrons. The molecule has 3 amide bonds. The standard InChI is InChI=1S/C20H20N4O5/c1-2-24(11-21)19(26)16(9-13-3-6-15(25)7-4-13)23-20(27)22-14-5-8-17-18(10-14)29-12-28-17/h3-8,10,16,25H,2,9,12H2,1H3,(H2,22,23,27). The van der Waals surface area contributed by atoms with Gasteiger partial charge in [0.1, 0.15) is 11.8 Å². The van der Waals surface area contributed by atoms with Crippen molar-refractivity contribution in [3.8, 4) is 23.4 Å². The van der Waals surface area contributed by atoms with Crippen molar-refractivity contribution in [1.29, 1.82) is 5.26 Å². The molecule has 0 bridgehead atoms. The average molecular weight is 396 g/mol. The minimum Gasteiger partial charge on any atom is -0.508 e. The number of anilines is 1. The molecule has 0 aliphatic carbocycles. The number of phenols is 1. The van der Waals surface area contributed by atoms with Crippen molar-refractivity contribution >= 4 is 17.6 Å². The lowest BCUT2D eigenvalue weighted by Crippen LogP contribution is -2.49. The van der Waals surface area contributed by atoms with Gasteiger partial charge in [0, 0.05) is 24.7 Å². The van der Waals surface area contributed by atoms with E-state index in [9.17, 15) is 20.0 Å². The summed E-state index contributed by atoms with van der Waals surface area (Å²) in [6.45, 7) is 1.98. The normalized spacial score (nSPS) is 12.6. The number of phenolic OH excluding ortho intramolecular Hbond substituents is 1. The van der Waals surface area contributed by atoms with Crippen molar-refractivity contribution in [2.45, 2.75) is 19.4 Å². The zero-order chi connectivity index (χ0) is 20.8. The lowest BCUT2D eigenvalue weighted by atomic mass is 10.0. The first-order chi connectivity index (χ1) is 14.0. The van der Waals surface area contributed by atoms with E-state index in [0.717, 1.165) is 10.5 Å². The highest BCUT2D eigenvalue weighted by Gasteiger charge is 2.26. The second-order valence-corrected chi connectivity index (χ2v) is 6.27. The molecule has 0 saturated carbocycles. The number of rotatable bonds is 6. The van der Waals surface area contributed by atoms with Gasteiger partial charge in [0.25, 0.3) is 5.91 Å². The number of benzene rings is 2. The van der Waals surface area contributed by atoms with Crippen LogP contribution >= 0.6 is 0 Å². The molecule has 1 unspecified atom stereocenters. The minimum absolute atomic E-state index is 0.0948. The quantitative estimate of drug-likeness (QED) is 0.508. The molecule has 9 nitrogen and oxygen atoms in total. The Morgan fingerprint density at radius 3 is 2.62 bits per heavy atom. The number of likely N-dealkylation sites (N-methyl/N-ethyl adjacent to an activating group) is 1. The summed E-state index contributed by atoms with van der Waals surface area (Å²) < 4.78 is 10.5.